The monoisotopic (exact) mass is 286 g/mol. The van der Waals surface area contributed by atoms with Gasteiger partial charge in [-0.15, -0.1) is 10.2 Å². The molecule has 1 aromatic heterocycles. The predicted octanol–water partition coefficient (Wildman–Crippen LogP) is -0.551. The Morgan fingerprint density at radius 1 is 1.52 bits per heavy atom. The first-order valence-electron chi connectivity index (χ1n) is 6.12. The summed E-state index contributed by atoms with van der Waals surface area (Å²) < 4.78 is 5.19. The Labute approximate surface area is 121 Å². The second kappa shape index (κ2) is 7.02. The van der Waals surface area contributed by atoms with Crippen molar-refractivity contribution in [2.45, 2.75) is 6.54 Å². The van der Waals surface area contributed by atoms with Crippen molar-refractivity contribution in [1.82, 2.24) is 25.9 Å². The zero-order valence-corrected chi connectivity index (χ0v) is 11.4. The minimum absolute atomic E-state index is 0.186. The normalized spacial score (nSPS) is 9.62. The van der Waals surface area contributed by atoms with Gasteiger partial charge in [-0.2, -0.15) is 5.21 Å². The lowest BCUT2D eigenvalue weighted by Gasteiger charge is -2.07. The number of aromatic amines is 1. The summed E-state index contributed by atoms with van der Waals surface area (Å²) >= 11 is 0. The third-order valence-corrected chi connectivity index (χ3v) is 2.58. The maximum Gasteiger partial charge on any atom is 0.251 e. The number of nitrogens with zero attached hydrogens (tertiary/aromatic N) is 3. The number of nitrogens with two attached hydrogens (primary N) is 1. The summed E-state index contributed by atoms with van der Waals surface area (Å²) in [5.41, 5.74) is 6.42. The maximum absolute atomic E-state index is 12.1. The number of carbonyl (C=O) groups is 1. The molecule has 8 heteroatoms. The summed E-state index contributed by atoms with van der Waals surface area (Å²) in [6.07, 6.45) is 0. The van der Waals surface area contributed by atoms with Crippen molar-refractivity contribution < 1.29 is 9.53 Å². The number of ether oxygens (including phenoxy) is 1. The summed E-state index contributed by atoms with van der Waals surface area (Å²) in [5.74, 6) is 6.33. The van der Waals surface area contributed by atoms with Gasteiger partial charge >= 0.3 is 0 Å². The van der Waals surface area contributed by atoms with E-state index >= 15 is 0 Å². The van der Waals surface area contributed by atoms with E-state index in [-0.39, 0.29) is 19.0 Å². The van der Waals surface area contributed by atoms with Crippen molar-refractivity contribution >= 4 is 5.91 Å². The molecule has 8 nitrogen and oxygen atoms in total. The molecule has 0 spiro atoms. The Hall–Kier alpha value is -2.92. The number of nitrogens with one attached hydrogen (secondary N) is 2. The molecule has 1 aromatic carbocycles. The number of benzene rings is 1. The van der Waals surface area contributed by atoms with Crippen LogP contribution in [0.25, 0.3) is 0 Å². The number of aromatic nitrogens is 4. The predicted molar refractivity (Wildman–Crippen MR) is 74.3 cm³/mol. The molecule has 2 rings (SSSR count). The van der Waals surface area contributed by atoms with E-state index in [9.17, 15) is 4.79 Å². The van der Waals surface area contributed by atoms with Gasteiger partial charge in [-0.25, -0.2) is 0 Å². The van der Waals surface area contributed by atoms with Gasteiger partial charge in [-0.05, 0) is 18.2 Å². The minimum Gasteiger partial charge on any atom is -0.495 e. The highest BCUT2D eigenvalue weighted by atomic mass is 16.5. The summed E-state index contributed by atoms with van der Waals surface area (Å²) in [6.45, 7) is 0.419. The van der Waals surface area contributed by atoms with Gasteiger partial charge in [0.05, 0.1) is 25.8 Å². The van der Waals surface area contributed by atoms with Gasteiger partial charge in [0.1, 0.15) is 5.75 Å². The highest BCUT2D eigenvalue weighted by Crippen LogP contribution is 2.18. The first-order chi connectivity index (χ1) is 10.2. The van der Waals surface area contributed by atoms with Crippen molar-refractivity contribution in [3.63, 3.8) is 0 Å². The fraction of sp³-hybridized carbons (Fsp3) is 0.231. The first kappa shape index (κ1) is 14.5. The zero-order chi connectivity index (χ0) is 15.1. The molecule has 1 amide bonds. The van der Waals surface area contributed by atoms with Crippen molar-refractivity contribution in [2.75, 3.05) is 13.7 Å². The van der Waals surface area contributed by atoms with E-state index in [1.165, 1.54) is 0 Å². The lowest BCUT2D eigenvalue weighted by Crippen LogP contribution is -2.23. The number of hydrogen-bond acceptors (Lipinski definition) is 6. The standard InChI is InChI=1S/C13H14N6O2/c1-21-11-5-4-10(7-9(11)3-2-6-14)13(20)15-8-12-16-18-19-17-12/h4-5,7H,6,8,14H2,1H3,(H,15,20)(H,16,17,18,19). The molecule has 1 heterocycles. The Morgan fingerprint density at radius 3 is 3.05 bits per heavy atom. The van der Waals surface area contributed by atoms with Crippen LogP contribution in [-0.2, 0) is 6.54 Å². The first-order valence-corrected chi connectivity index (χ1v) is 6.12. The van der Waals surface area contributed by atoms with Crippen LogP contribution in [0.5, 0.6) is 5.75 Å². The van der Waals surface area contributed by atoms with Gasteiger partial charge in [0.25, 0.3) is 5.91 Å². The number of hydrogen-bond donors (Lipinski definition) is 3. The fourth-order valence-electron chi connectivity index (χ4n) is 1.61. The van der Waals surface area contributed by atoms with Gasteiger partial charge in [0.15, 0.2) is 5.82 Å². The van der Waals surface area contributed by atoms with Gasteiger partial charge in [0.2, 0.25) is 0 Å². The van der Waals surface area contributed by atoms with E-state index in [0.717, 1.165) is 0 Å². The van der Waals surface area contributed by atoms with Crippen LogP contribution in [0, 0.1) is 11.8 Å². The highest BCUT2D eigenvalue weighted by Gasteiger charge is 2.10. The van der Waals surface area contributed by atoms with Gasteiger partial charge in [-0.3, -0.25) is 4.79 Å². The SMILES string of the molecule is COc1ccc(C(=O)NCc2nn[nH]n2)cc1C#CCN. The summed E-state index contributed by atoms with van der Waals surface area (Å²) in [6, 6.07) is 4.98. The lowest BCUT2D eigenvalue weighted by molar-refractivity contribution is 0.0950. The molecule has 2 aromatic rings. The molecule has 0 fully saturated rings. The van der Waals surface area contributed by atoms with Gasteiger partial charge in [-0.1, -0.05) is 17.1 Å². The summed E-state index contributed by atoms with van der Waals surface area (Å²) in [5, 5.41) is 15.9. The van der Waals surface area contributed by atoms with Crippen molar-refractivity contribution in [3.8, 4) is 17.6 Å². The van der Waals surface area contributed by atoms with Crippen LogP contribution in [0.4, 0.5) is 0 Å². The van der Waals surface area contributed by atoms with Crippen LogP contribution in [0.3, 0.4) is 0 Å². The number of amides is 1. The molecular weight excluding hydrogens is 272 g/mol. The number of H-pyrrole nitrogens is 1. The number of carbonyl (C=O) groups excluding carboxylic acids is 1. The Bertz CT molecular complexity index is 672. The highest BCUT2D eigenvalue weighted by molar-refractivity contribution is 5.94. The minimum atomic E-state index is -0.266. The molecular formula is C13H14N6O2. The molecule has 0 unspecified atom stereocenters. The van der Waals surface area contributed by atoms with Crippen LogP contribution < -0.4 is 15.8 Å². The van der Waals surface area contributed by atoms with E-state index < -0.39 is 0 Å². The molecule has 0 atom stereocenters. The Morgan fingerprint density at radius 2 is 2.38 bits per heavy atom. The van der Waals surface area contributed by atoms with Crippen molar-refractivity contribution in [2.24, 2.45) is 5.73 Å². The molecule has 0 aliphatic heterocycles. The maximum atomic E-state index is 12.1. The third-order valence-electron chi connectivity index (χ3n) is 2.58. The van der Waals surface area contributed by atoms with Gasteiger partial charge in [0, 0.05) is 5.56 Å². The molecule has 0 aliphatic rings. The van der Waals surface area contributed by atoms with Crippen LogP contribution in [0.15, 0.2) is 18.2 Å². The largest absolute Gasteiger partial charge is 0.495 e. The molecule has 0 bridgehead atoms. The zero-order valence-electron chi connectivity index (χ0n) is 11.4. The molecule has 108 valence electrons. The second-order valence-corrected chi connectivity index (χ2v) is 3.93. The van der Waals surface area contributed by atoms with E-state index in [4.69, 9.17) is 10.5 Å². The van der Waals surface area contributed by atoms with E-state index in [2.05, 4.69) is 37.8 Å². The molecule has 0 saturated heterocycles. The number of rotatable bonds is 4. The average Bonchev–Trinajstić information content (AvgIpc) is 3.03. The van der Waals surface area contributed by atoms with Crippen molar-refractivity contribution in [1.29, 1.82) is 0 Å². The topological polar surface area (TPSA) is 119 Å². The summed E-state index contributed by atoms with van der Waals surface area (Å²) in [4.78, 5) is 12.1. The molecule has 0 aliphatic carbocycles. The van der Waals surface area contributed by atoms with Crippen LogP contribution in [0.1, 0.15) is 21.7 Å². The molecule has 0 radical (unpaired) electrons. The van der Waals surface area contributed by atoms with Crippen LogP contribution in [0.2, 0.25) is 0 Å². The quantitative estimate of drug-likeness (QED) is 0.649. The smallest absolute Gasteiger partial charge is 0.251 e. The van der Waals surface area contributed by atoms with Crippen LogP contribution in [-0.4, -0.2) is 40.2 Å². The fourth-order valence-corrected chi connectivity index (χ4v) is 1.61. The second-order valence-electron chi connectivity index (χ2n) is 3.93. The van der Waals surface area contributed by atoms with Gasteiger partial charge < -0.3 is 15.8 Å². The Kier molecular flexibility index (Phi) is 4.84. The van der Waals surface area contributed by atoms with E-state index in [1.54, 1.807) is 25.3 Å². The molecule has 4 N–H and O–H groups in total. The molecule has 21 heavy (non-hydrogen) atoms. The van der Waals surface area contributed by atoms with E-state index in [1.807, 2.05) is 0 Å². The Balaban J connectivity index is 2.13. The average molecular weight is 286 g/mol. The summed E-state index contributed by atoms with van der Waals surface area (Å²) in [7, 11) is 1.54. The third kappa shape index (κ3) is 3.77. The lowest BCUT2D eigenvalue weighted by atomic mass is 10.1. The number of tetrazole rings is 1. The number of methoxy groups -OCH3 is 1. The van der Waals surface area contributed by atoms with Crippen molar-refractivity contribution in [3.05, 3.63) is 35.2 Å². The van der Waals surface area contributed by atoms with E-state index in [0.29, 0.717) is 22.7 Å². The van der Waals surface area contributed by atoms with Crippen LogP contribution >= 0.6 is 0 Å². The molecule has 0 saturated carbocycles.